The molecule has 0 fully saturated rings. The number of para-hydroxylation sites is 2. The largest absolute Gasteiger partial charge is 0.504 e. The lowest BCUT2D eigenvalue weighted by molar-refractivity contribution is -0.137. The van der Waals surface area contributed by atoms with Crippen molar-refractivity contribution < 1.29 is 20.1 Å². The van der Waals surface area contributed by atoms with Crippen LogP contribution in [0.15, 0.2) is 24.3 Å². The van der Waals surface area contributed by atoms with Crippen LogP contribution in [-0.4, -0.2) is 21.3 Å². The summed E-state index contributed by atoms with van der Waals surface area (Å²) in [6, 6.07) is 6.15. The van der Waals surface area contributed by atoms with E-state index in [0.29, 0.717) is 6.42 Å². The second-order valence-corrected chi connectivity index (χ2v) is 7.58. The van der Waals surface area contributed by atoms with Crippen LogP contribution in [0.25, 0.3) is 0 Å². The maximum Gasteiger partial charge on any atom is 0.303 e. The quantitative estimate of drug-likeness (QED) is 0.201. The zero-order valence-electron chi connectivity index (χ0n) is 17.9. The average Bonchev–Trinajstić information content (AvgIpc) is 2.67. The SMILES string of the molecule is CCCCCCCCCCCCCCCCCC(=O)O.Oc1ccccc1O. The highest BCUT2D eigenvalue weighted by atomic mass is 16.4. The molecule has 0 aliphatic heterocycles. The van der Waals surface area contributed by atoms with Crippen LogP contribution < -0.4 is 0 Å². The van der Waals surface area contributed by atoms with E-state index < -0.39 is 5.97 Å². The third-order valence-corrected chi connectivity index (χ3v) is 4.88. The van der Waals surface area contributed by atoms with Crippen molar-refractivity contribution in [2.45, 2.75) is 110 Å². The fraction of sp³-hybridized carbons (Fsp3) is 0.708. The van der Waals surface area contributed by atoms with Crippen molar-refractivity contribution in [2.24, 2.45) is 0 Å². The number of aliphatic carboxylic acids is 1. The molecule has 0 radical (unpaired) electrons. The van der Waals surface area contributed by atoms with E-state index in [4.69, 9.17) is 15.3 Å². The van der Waals surface area contributed by atoms with Gasteiger partial charge in [0.15, 0.2) is 11.5 Å². The van der Waals surface area contributed by atoms with Gasteiger partial charge in [0, 0.05) is 6.42 Å². The molecule has 162 valence electrons. The molecular weight excluding hydrogens is 352 g/mol. The van der Waals surface area contributed by atoms with E-state index in [0.717, 1.165) is 12.8 Å². The van der Waals surface area contributed by atoms with Crippen molar-refractivity contribution in [1.82, 2.24) is 0 Å². The van der Waals surface area contributed by atoms with Crippen LogP contribution in [0.5, 0.6) is 11.5 Å². The summed E-state index contributed by atoms with van der Waals surface area (Å²) in [6.45, 7) is 2.27. The predicted octanol–water partition coefficient (Wildman–Crippen LogP) is 7.43. The van der Waals surface area contributed by atoms with Crippen molar-refractivity contribution in [2.75, 3.05) is 0 Å². The molecule has 1 aromatic carbocycles. The molecule has 0 aliphatic rings. The van der Waals surface area contributed by atoms with Gasteiger partial charge in [0.1, 0.15) is 0 Å². The Balaban J connectivity index is 0.000000749. The Kier molecular flexibility index (Phi) is 18.8. The molecule has 0 saturated carbocycles. The normalized spacial score (nSPS) is 10.3. The minimum Gasteiger partial charge on any atom is -0.504 e. The Bertz CT molecular complexity index is 452. The van der Waals surface area contributed by atoms with Gasteiger partial charge in [0.25, 0.3) is 0 Å². The van der Waals surface area contributed by atoms with Gasteiger partial charge in [0.05, 0.1) is 0 Å². The van der Waals surface area contributed by atoms with Crippen molar-refractivity contribution >= 4 is 5.97 Å². The number of benzene rings is 1. The highest BCUT2D eigenvalue weighted by molar-refractivity contribution is 5.66. The molecule has 0 saturated heterocycles. The Morgan fingerprint density at radius 2 is 0.964 bits per heavy atom. The van der Waals surface area contributed by atoms with Crippen molar-refractivity contribution in [3.8, 4) is 11.5 Å². The number of unbranched alkanes of at least 4 members (excludes halogenated alkanes) is 14. The van der Waals surface area contributed by atoms with Gasteiger partial charge < -0.3 is 15.3 Å². The standard InChI is InChI=1S/C18H36O2.C6H6O2/c1-2-3-4-5-6-7-8-9-10-11-12-13-14-15-16-17-18(19)20;7-5-3-1-2-4-6(5)8/h2-17H2,1H3,(H,19,20);1-4,7-8H. The number of carboxylic acids is 1. The van der Waals surface area contributed by atoms with Crippen LogP contribution in [-0.2, 0) is 4.79 Å². The van der Waals surface area contributed by atoms with Crippen LogP contribution >= 0.6 is 0 Å². The van der Waals surface area contributed by atoms with Gasteiger partial charge in [-0.05, 0) is 18.6 Å². The van der Waals surface area contributed by atoms with Gasteiger partial charge in [-0.1, -0.05) is 109 Å². The number of carbonyl (C=O) groups is 1. The fourth-order valence-electron chi connectivity index (χ4n) is 3.11. The second-order valence-electron chi connectivity index (χ2n) is 7.58. The Labute approximate surface area is 172 Å². The summed E-state index contributed by atoms with van der Waals surface area (Å²) < 4.78 is 0. The summed E-state index contributed by atoms with van der Waals surface area (Å²) in [5.74, 6) is -0.806. The number of rotatable bonds is 16. The number of hydrogen-bond donors (Lipinski definition) is 3. The molecule has 0 amide bonds. The Morgan fingerprint density at radius 1 is 0.643 bits per heavy atom. The lowest BCUT2D eigenvalue weighted by Crippen LogP contribution is -1.93. The number of phenolic OH excluding ortho intramolecular Hbond substituents is 2. The van der Waals surface area contributed by atoms with Crippen LogP contribution in [0, 0.1) is 0 Å². The highest BCUT2D eigenvalue weighted by Crippen LogP contribution is 2.21. The van der Waals surface area contributed by atoms with Crippen LogP contribution in [0.2, 0.25) is 0 Å². The van der Waals surface area contributed by atoms with Gasteiger partial charge in [-0.3, -0.25) is 4.79 Å². The van der Waals surface area contributed by atoms with Gasteiger partial charge in [-0.2, -0.15) is 0 Å². The molecule has 0 atom stereocenters. The monoisotopic (exact) mass is 394 g/mol. The summed E-state index contributed by atoms with van der Waals surface area (Å²) in [7, 11) is 0. The summed E-state index contributed by atoms with van der Waals surface area (Å²) in [6.07, 6.45) is 20.2. The summed E-state index contributed by atoms with van der Waals surface area (Å²) in [5.41, 5.74) is 0. The zero-order chi connectivity index (χ0) is 20.9. The third kappa shape index (κ3) is 19.1. The van der Waals surface area contributed by atoms with E-state index in [9.17, 15) is 4.79 Å². The molecule has 1 aromatic rings. The molecule has 0 heterocycles. The molecule has 0 unspecified atom stereocenters. The zero-order valence-corrected chi connectivity index (χ0v) is 17.9. The molecule has 4 nitrogen and oxygen atoms in total. The predicted molar refractivity (Wildman–Crippen MR) is 117 cm³/mol. The number of hydrogen-bond acceptors (Lipinski definition) is 3. The van der Waals surface area contributed by atoms with Crippen molar-refractivity contribution in [3.05, 3.63) is 24.3 Å². The number of phenols is 2. The number of carboxylic acid groups (broad SMARTS) is 1. The third-order valence-electron chi connectivity index (χ3n) is 4.88. The molecule has 4 heteroatoms. The fourth-order valence-corrected chi connectivity index (χ4v) is 3.11. The van der Waals surface area contributed by atoms with Crippen LogP contribution in [0.3, 0.4) is 0 Å². The Morgan fingerprint density at radius 3 is 1.25 bits per heavy atom. The summed E-state index contributed by atoms with van der Waals surface area (Å²) in [4.78, 5) is 10.3. The first kappa shape index (κ1) is 26.3. The van der Waals surface area contributed by atoms with E-state index in [2.05, 4.69) is 6.92 Å². The minimum absolute atomic E-state index is 0.0764. The molecule has 28 heavy (non-hydrogen) atoms. The summed E-state index contributed by atoms with van der Waals surface area (Å²) >= 11 is 0. The minimum atomic E-state index is -0.653. The highest BCUT2D eigenvalue weighted by Gasteiger charge is 1.97. The molecule has 0 bridgehead atoms. The molecule has 0 aromatic heterocycles. The van der Waals surface area contributed by atoms with Crippen molar-refractivity contribution in [1.29, 1.82) is 0 Å². The first-order valence-corrected chi connectivity index (χ1v) is 11.3. The van der Waals surface area contributed by atoms with Gasteiger partial charge in [0.2, 0.25) is 0 Å². The first-order valence-electron chi connectivity index (χ1n) is 11.3. The smallest absolute Gasteiger partial charge is 0.303 e. The Hall–Kier alpha value is -1.71. The number of aromatic hydroxyl groups is 2. The van der Waals surface area contributed by atoms with Gasteiger partial charge in [-0.15, -0.1) is 0 Å². The van der Waals surface area contributed by atoms with E-state index in [-0.39, 0.29) is 11.5 Å². The van der Waals surface area contributed by atoms with Crippen LogP contribution in [0.4, 0.5) is 0 Å². The lowest BCUT2D eigenvalue weighted by Gasteiger charge is -2.03. The molecule has 1 rings (SSSR count). The van der Waals surface area contributed by atoms with Gasteiger partial charge in [-0.25, -0.2) is 0 Å². The lowest BCUT2D eigenvalue weighted by atomic mass is 10.0. The van der Waals surface area contributed by atoms with E-state index in [1.807, 2.05) is 0 Å². The summed E-state index contributed by atoms with van der Waals surface area (Å²) in [5, 5.41) is 25.9. The topological polar surface area (TPSA) is 77.8 Å². The molecular formula is C24H42O4. The van der Waals surface area contributed by atoms with E-state index >= 15 is 0 Å². The van der Waals surface area contributed by atoms with Crippen molar-refractivity contribution in [3.63, 3.8) is 0 Å². The average molecular weight is 395 g/mol. The maximum atomic E-state index is 10.3. The van der Waals surface area contributed by atoms with Crippen LogP contribution in [0.1, 0.15) is 110 Å². The van der Waals surface area contributed by atoms with E-state index in [1.54, 1.807) is 12.1 Å². The maximum absolute atomic E-state index is 10.3. The molecule has 0 spiro atoms. The first-order chi connectivity index (χ1) is 13.6. The van der Waals surface area contributed by atoms with Gasteiger partial charge >= 0.3 is 5.97 Å². The second kappa shape index (κ2) is 20.0. The molecule has 3 N–H and O–H groups in total. The molecule has 0 aliphatic carbocycles. The van der Waals surface area contributed by atoms with E-state index in [1.165, 1.54) is 95.6 Å².